The van der Waals surface area contributed by atoms with Crippen LogP contribution >= 0.6 is 0 Å². The highest BCUT2D eigenvalue weighted by Gasteiger charge is 2.27. The van der Waals surface area contributed by atoms with Gasteiger partial charge in [-0.2, -0.15) is 0 Å². The Labute approximate surface area is 95.0 Å². The Kier molecular flexibility index (Phi) is 4.95. The standard InChI is InChI=1S/C11H18N2O3/c1-2-3-4-5-9(14)12-8-6-7-10(15)13-11(8)16/h8H,2-7H2,1H3,(H,12,14)(H,13,15,16)/t8-/m1/s1. The van der Waals surface area contributed by atoms with Crippen molar-refractivity contribution in [2.24, 2.45) is 0 Å². The summed E-state index contributed by atoms with van der Waals surface area (Å²) in [4.78, 5) is 33.6. The minimum atomic E-state index is -0.535. The molecule has 1 saturated heterocycles. The highest BCUT2D eigenvalue weighted by Crippen LogP contribution is 2.05. The van der Waals surface area contributed by atoms with E-state index < -0.39 is 6.04 Å². The molecule has 0 saturated carbocycles. The van der Waals surface area contributed by atoms with Crippen molar-refractivity contribution < 1.29 is 14.4 Å². The van der Waals surface area contributed by atoms with Crippen molar-refractivity contribution in [3.05, 3.63) is 0 Å². The van der Waals surface area contributed by atoms with E-state index in [-0.39, 0.29) is 17.7 Å². The number of rotatable bonds is 5. The molecule has 0 spiro atoms. The first-order valence-electron chi connectivity index (χ1n) is 5.76. The number of hydrogen-bond donors (Lipinski definition) is 2. The fourth-order valence-electron chi connectivity index (χ4n) is 1.63. The van der Waals surface area contributed by atoms with Gasteiger partial charge in [0.1, 0.15) is 6.04 Å². The van der Waals surface area contributed by atoms with E-state index in [1.165, 1.54) is 0 Å². The second-order valence-corrected chi connectivity index (χ2v) is 4.03. The first kappa shape index (κ1) is 12.7. The van der Waals surface area contributed by atoms with Gasteiger partial charge in [-0.1, -0.05) is 19.8 Å². The lowest BCUT2D eigenvalue weighted by Gasteiger charge is -2.21. The van der Waals surface area contributed by atoms with Crippen LogP contribution < -0.4 is 10.6 Å². The molecule has 1 atom stereocenters. The number of imide groups is 1. The molecule has 2 N–H and O–H groups in total. The first-order chi connectivity index (χ1) is 7.63. The predicted molar refractivity (Wildman–Crippen MR) is 58.5 cm³/mol. The second-order valence-electron chi connectivity index (χ2n) is 4.03. The van der Waals surface area contributed by atoms with Crippen LogP contribution in [0.2, 0.25) is 0 Å². The zero-order valence-corrected chi connectivity index (χ0v) is 9.54. The van der Waals surface area contributed by atoms with Gasteiger partial charge in [0.05, 0.1) is 0 Å². The van der Waals surface area contributed by atoms with E-state index in [4.69, 9.17) is 0 Å². The summed E-state index contributed by atoms with van der Waals surface area (Å²) in [5, 5.41) is 4.85. The molecule has 16 heavy (non-hydrogen) atoms. The van der Waals surface area contributed by atoms with Gasteiger partial charge >= 0.3 is 0 Å². The Morgan fingerprint density at radius 1 is 1.44 bits per heavy atom. The average molecular weight is 226 g/mol. The summed E-state index contributed by atoms with van der Waals surface area (Å²) in [6.45, 7) is 2.07. The van der Waals surface area contributed by atoms with Crippen molar-refractivity contribution in [1.29, 1.82) is 0 Å². The van der Waals surface area contributed by atoms with Crippen LogP contribution in [0.1, 0.15) is 45.4 Å². The zero-order chi connectivity index (χ0) is 12.0. The summed E-state index contributed by atoms with van der Waals surface area (Å²) in [7, 11) is 0. The van der Waals surface area contributed by atoms with E-state index in [1.54, 1.807) is 0 Å². The maximum atomic E-state index is 11.4. The van der Waals surface area contributed by atoms with Gasteiger partial charge in [0.2, 0.25) is 17.7 Å². The summed E-state index contributed by atoms with van der Waals surface area (Å²) in [6.07, 6.45) is 4.07. The summed E-state index contributed by atoms with van der Waals surface area (Å²) in [6, 6.07) is -0.535. The zero-order valence-electron chi connectivity index (χ0n) is 9.54. The molecule has 1 rings (SSSR count). The van der Waals surface area contributed by atoms with Crippen LogP contribution in [0.3, 0.4) is 0 Å². The third-order valence-corrected chi connectivity index (χ3v) is 2.58. The second kappa shape index (κ2) is 6.25. The fraction of sp³-hybridized carbons (Fsp3) is 0.727. The molecule has 1 fully saturated rings. The maximum absolute atomic E-state index is 11.4. The van der Waals surface area contributed by atoms with Crippen molar-refractivity contribution in [3.8, 4) is 0 Å². The molecule has 0 unspecified atom stereocenters. The van der Waals surface area contributed by atoms with Crippen molar-refractivity contribution in [2.45, 2.75) is 51.5 Å². The number of unbranched alkanes of at least 4 members (excludes halogenated alkanes) is 2. The molecule has 0 aliphatic carbocycles. The molecule has 5 nitrogen and oxygen atoms in total. The number of carbonyl (C=O) groups is 3. The molecular formula is C11H18N2O3. The molecule has 1 heterocycles. The Balaban J connectivity index is 2.28. The highest BCUT2D eigenvalue weighted by molar-refractivity contribution is 6.01. The van der Waals surface area contributed by atoms with E-state index in [1.807, 2.05) is 0 Å². The number of nitrogens with one attached hydrogen (secondary N) is 2. The molecule has 0 aromatic carbocycles. The quantitative estimate of drug-likeness (QED) is 0.529. The summed E-state index contributed by atoms with van der Waals surface area (Å²) in [5.41, 5.74) is 0. The topological polar surface area (TPSA) is 75.3 Å². The molecule has 0 aromatic heterocycles. The third kappa shape index (κ3) is 4.00. The predicted octanol–water partition coefficient (Wildman–Crippen LogP) is 0.488. The molecule has 0 bridgehead atoms. The number of carbonyl (C=O) groups excluding carboxylic acids is 3. The lowest BCUT2D eigenvalue weighted by molar-refractivity contribution is -0.137. The SMILES string of the molecule is CCCCCC(=O)N[C@@H]1CCC(=O)NC1=O. The van der Waals surface area contributed by atoms with Crippen LogP contribution in [0.4, 0.5) is 0 Å². The third-order valence-electron chi connectivity index (χ3n) is 2.58. The monoisotopic (exact) mass is 226 g/mol. The minimum Gasteiger partial charge on any atom is -0.344 e. The Morgan fingerprint density at radius 2 is 2.19 bits per heavy atom. The first-order valence-corrected chi connectivity index (χ1v) is 5.76. The van der Waals surface area contributed by atoms with Crippen LogP contribution in [-0.4, -0.2) is 23.8 Å². The maximum Gasteiger partial charge on any atom is 0.249 e. The number of hydrogen-bond acceptors (Lipinski definition) is 3. The molecule has 1 aliphatic heterocycles. The summed E-state index contributed by atoms with van der Waals surface area (Å²) < 4.78 is 0. The van der Waals surface area contributed by atoms with Gasteiger partial charge < -0.3 is 5.32 Å². The Bertz CT molecular complexity index is 289. The van der Waals surface area contributed by atoms with Crippen molar-refractivity contribution in [2.75, 3.05) is 0 Å². The molecule has 0 aromatic rings. The highest BCUT2D eigenvalue weighted by atomic mass is 16.2. The van der Waals surface area contributed by atoms with Crippen LogP contribution in [0, 0.1) is 0 Å². The van der Waals surface area contributed by atoms with Crippen LogP contribution in [-0.2, 0) is 14.4 Å². The molecule has 3 amide bonds. The van der Waals surface area contributed by atoms with E-state index in [2.05, 4.69) is 17.6 Å². The molecule has 0 radical (unpaired) electrons. The van der Waals surface area contributed by atoms with Gasteiger partial charge in [-0.25, -0.2) is 0 Å². The number of amides is 3. The smallest absolute Gasteiger partial charge is 0.249 e. The van der Waals surface area contributed by atoms with Gasteiger partial charge in [0.15, 0.2) is 0 Å². The van der Waals surface area contributed by atoms with Gasteiger partial charge in [-0.05, 0) is 12.8 Å². The largest absolute Gasteiger partial charge is 0.344 e. The minimum absolute atomic E-state index is 0.108. The van der Waals surface area contributed by atoms with Gasteiger partial charge in [-0.3, -0.25) is 19.7 Å². The average Bonchev–Trinajstić information content (AvgIpc) is 2.23. The molecule has 5 heteroatoms. The van der Waals surface area contributed by atoms with E-state index in [9.17, 15) is 14.4 Å². The van der Waals surface area contributed by atoms with Gasteiger partial charge in [0.25, 0.3) is 0 Å². The molecular weight excluding hydrogens is 208 g/mol. The number of piperidine rings is 1. The molecule has 90 valence electrons. The summed E-state index contributed by atoms with van der Waals surface area (Å²) in [5.74, 6) is -0.760. The van der Waals surface area contributed by atoms with Gasteiger partial charge in [0, 0.05) is 12.8 Å². The van der Waals surface area contributed by atoms with Crippen LogP contribution in [0.5, 0.6) is 0 Å². The fourth-order valence-corrected chi connectivity index (χ4v) is 1.63. The van der Waals surface area contributed by atoms with Crippen molar-refractivity contribution in [1.82, 2.24) is 10.6 Å². The van der Waals surface area contributed by atoms with Crippen LogP contribution in [0.15, 0.2) is 0 Å². The van der Waals surface area contributed by atoms with E-state index in [0.29, 0.717) is 19.3 Å². The lowest BCUT2D eigenvalue weighted by atomic mass is 10.1. The lowest BCUT2D eigenvalue weighted by Crippen LogP contribution is -2.52. The van der Waals surface area contributed by atoms with E-state index in [0.717, 1.165) is 19.3 Å². The van der Waals surface area contributed by atoms with Gasteiger partial charge in [-0.15, -0.1) is 0 Å². The Hall–Kier alpha value is -1.39. The van der Waals surface area contributed by atoms with E-state index >= 15 is 0 Å². The molecule has 1 aliphatic rings. The Morgan fingerprint density at radius 3 is 2.81 bits per heavy atom. The van der Waals surface area contributed by atoms with Crippen molar-refractivity contribution >= 4 is 17.7 Å². The van der Waals surface area contributed by atoms with Crippen molar-refractivity contribution in [3.63, 3.8) is 0 Å². The van der Waals surface area contributed by atoms with Crippen LogP contribution in [0.25, 0.3) is 0 Å². The summed E-state index contributed by atoms with van der Waals surface area (Å²) >= 11 is 0. The normalized spacial score (nSPS) is 20.4.